The van der Waals surface area contributed by atoms with Crippen molar-refractivity contribution in [3.8, 4) is 0 Å². The van der Waals surface area contributed by atoms with Crippen LogP contribution in [-0.2, 0) is 4.79 Å². The van der Waals surface area contributed by atoms with Gasteiger partial charge in [0.2, 0.25) is 0 Å². The van der Waals surface area contributed by atoms with E-state index in [-0.39, 0.29) is 5.91 Å². The number of hydrogen-bond acceptors (Lipinski definition) is 3. The first-order valence-corrected chi connectivity index (χ1v) is 6.89. The fraction of sp³-hybridized carbons (Fsp3) is 0.538. The summed E-state index contributed by atoms with van der Waals surface area (Å²) in [7, 11) is 0. The minimum atomic E-state index is -1.05. The molecule has 0 unspecified atom stereocenters. The second-order valence-corrected chi connectivity index (χ2v) is 6.15. The number of thiophene rings is 1. The zero-order valence-electron chi connectivity index (χ0n) is 10.6. The van der Waals surface area contributed by atoms with Gasteiger partial charge in [0, 0.05) is 4.88 Å². The van der Waals surface area contributed by atoms with Crippen LogP contribution in [0.2, 0.25) is 0 Å². The van der Waals surface area contributed by atoms with E-state index in [0.717, 1.165) is 23.3 Å². The van der Waals surface area contributed by atoms with Gasteiger partial charge in [-0.25, -0.2) is 4.79 Å². The Kier molecular flexibility index (Phi) is 3.43. The Hall–Kier alpha value is -1.36. The minimum Gasteiger partial charge on any atom is -0.480 e. The summed E-state index contributed by atoms with van der Waals surface area (Å²) in [5.41, 5.74) is 0.0176. The van der Waals surface area contributed by atoms with Gasteiger partial charge in [0.25, 0.3) is 5.91 Å². The van der Waals surface area contributed by atoms with Crippen LogP contribution in [0.1, 0.15) is 45.8 Å². The average molecular weight is 267 g/mol. The van der Waals surface area contributed by atoms with Crippen LogP contribution in [0.4, 0.5) is 0 Å². The van der Waals surface area contributed by atoms with E-state index in [4.69, 9.17) is 0 Å². The van der Waals surface area contributed by atoms with Crippen LogP contribution in [0.15, 0.2) is 6.07 Å². The number of hydrogen-bond donors (Lipinski definition) is 2. The number of carbonyl (C=O) groups is 2. The van der Waals surface area contributed by atoms with Gasteiger partial charge in [0.15, 0.2) is 0 Å². The minimum absolute atomic E-state index is 0.263. The number of carboxylic acid groups (broad SMARTS) is 1. The van der Waals surface area contributed by atoms with Crippen molar-refractivity contribution in [1.29, 1.82) is 0 Å². The summed E-state index contributed by atoms with van der Waals surface area (Å²) in [6.45, 7) is 3.91. The Balaban J connectivity index is 2.17. The van der Waals surface area contributed by atoms with Gasteiger partial charge in [0.1, 0.15) is 5.54 Å². The van der Waals surface area contributed by atoms with Crippen molar-refractivity contribution in [2.75, 3.05) is 0 Å². The van der Waals surface area contributed by atoms with Crippen molar-refractivity contribution in [1.82, 2.24) is 5.32 Å². The molecule has 4 nitrogen and oxygen atoms in total. The van der Waals surface area contributed by atoms with Crippen LogP contribution in [0.25, 0.3) is 0 Å². The maximum Gasteiger partial charge on any atom is 0.329 e. The van der Waals surface area contributed by atoms with Crippen molar-refractivity contribution in [2.45, 2.75) is 45.1 Å². The normalized spacial score (nSPS) is 17.7. The summed E-state index contributed by atoms with van der Waals surface area (Å²) >= 11 is 1.41. The van der Waals surface area contributed by atoms with Gasteiger partial charge in [-0.1, -0.05) is 12.8 Å². The van der Waals surface area contributed by atoms with E-state index in [1.165, 1.54) is 11.3 Å². The Labute approximate surface area is 110 Å². The van der Waals surface area contributed by atoms with Crippen LogP contribution >= 0.6 is 11.3 Å². The highest BCUT2D eigenvalue weighted by atomic mass is 32.1. The van der Waals surface area contributed by atoms with E-state index in [9.17, 15) is 14.7 Å². The molecule has 0 radical (unpaired) electrons. The lowest BCUT2D eigenvalue weighted by Crippen LogP contribution is -2.52. The predicted octanol–water partition coefficient (Wildman–Crippen LogP) is 2.49. The third-order valence-electron chi connectivity index (χ3n) is 3.61. The number of carbonyl (C=O) groups excluding carboxylic acids is 1. The molecule has 1 aliphatic carbocycles. The summed E-state index contributed by atoms with van der Waals surface area (Å²) in [5, 5.41) is 12.0. The topological polar surface area (TPSA) is 66.4 Å². The molecule has 0 saturated heterocycles. The van der Waals surface area contributed by atoms with Crippen molar-refractivity contribution < 1.29 is 14.7 Å². The molecule has 0 atom stereocenters. The lowest BCUT2D eigenvalue weighted by atomic mass is 9.98. The smallest absolute Gasteiger partial charge is 0.329 e. The molecule has 1 heterocycles. The summed E-state index contributed by atoms with van der Waals surface area (Å²) in [4.78, 5) is 25.2. The molecule has 1 aromatic heterocycles. The molecular formula is C13H17NO3S. The van der Waals surface area contributed by atoms with Crippen LogP contribution < -0.4 is 5.32 Å². The van der Waals surface area contributed by atoms with Crippen molar-refractivity contribution in [3.05, 3.63) is 21.4 Å². The average Bonchev–Trinajstić information content (AvgIpc) is 2.88. The zero-order chi connectivity index (χ0) is 13.3. The number of aryl methyl sites for hydroxylation is 2. The van der Waals surface area contributed by atoms with Gasteiger partial charge in [0.05, 0.1) is 4.88 Å². The first-order valence-electron chi connectivity index (χ1n) is 6.07. The van der Waals surface area contributed by atoms with E-state index >= 15 is 0 Å². The number of amides is 1. The van der Waals surface area contributed by atoms with E-state index in [0.29, 0.717) is 17.7 Å². The van der Waals surface area contributed by atoms with E-state index < -0.39 is 11.5 Å². The Morgan fingerprint density at radius 1 is 1.33 bits per heavy atom. The predicted molar refractivity (Wildman–Crippen MR) is 70.1 cm³/mol. The van der Waals surface area contributed by atoms with Gasteiger partial charge >= 0.3 is 5.97 Å². The van der Waals surface area contributed by atoms with Crippen LogP contribution in [0, 0.1) is 13.8 Å². The highest BCUT2D eigenvalue weighted by Crippen LogP contribution is 2.31. The van der Waals surface area contributed by atoms with Gasteiger partial charge < -0.3 is 10.4 Å². The molecule has 0 aliphatic heterocycles. The van der Waals surface area contributed by atoms with Crippen LogP contribution in [-0.4, -0.2) is 22.5 Å². The monoisotopic (exact) mass is 267 g/mol. The summed E-state index contributed by atoms with van der Waals surface area (Å²) in [5.74, 6) is -1.18. The number of carboxylic acids is 1. The van der Waals surface area contributed by atoms with Crippen molar-refractivity contribution >= 4 is 23.2 Å². The second-order valence-electron chi connectivity index (χ2n) is 4.90. The molecule has 1 fully saturated rings. The van der Waals surface area contributed by atoms with Crippen LogP contribution in [0.5, 0.6) is 0 Å². The third kappa shape index (κ3) is 2.27. The highest BCUT2D eigenvalue weighted by Gasteiger charge is 2.42. The molecule has 2 N–H and O–H groups in total. The SMILES string of the molecule is Cc1cc(C(=O)NC2(C(=O)O)CCCC2)sc1C. The molecule has 2 rings (SSSR count). The molecule has 98 valence electrons. The first kappa shape index (κ1) is 13.1. The molecule has 0 spiro atoms. The second kappa shape index (κ2) is 4.72. The van der Waals surface area contributed by atoms with Crippen molar-refractivity contribution in [3.63, 3.8) is 0 Å². The quantitative estimate of drug-likeness (QED) is 0.884. The highest BCUT2D eigenvalue weighted by molar-refractivity contribution is 7.14. The molecule has 0 bridgehead atoms. The largest absolute Gasteiger partial charge is 0.480 e. The van der Waals surface area contributed by atoms with E-state index in [2.05, 4.69) is 5.32 Å². The van der Waals surface area contributed by atoms with Crippen molar-refractivity contribution in [2.24, 2.45) is 0 Å². The zero-order valence-corrected chi connectivity index (χ0v) is 11.4. The molecule has 5 heteroatoms. The van der Waals surface area contributed by atoms with Crippen LogP contribution in [0.3, 0.4) is 0 Å². The number of rotatable bonds is 3. The summed E-state index contributed by atoms with van der Waals surface area (Å²) in [6, 6.07) is 1.82. The Morgan fingerprint density at radius 3 is 2.39 bits per heavy atom. The van der Waals surface area contributed by atoms with Gasteiger partial charge in [-0.3, -0.25) is 4.79 Å². The molecule has 1 amide bonds. The fourth-order valence-corrected chi connectivity index (χ4v) is 3.26. The third-order valence-corrected chi connectivity index (χ3v) is 4.76. The molecule has 1 aromatic rings. The van der Waals surface area contributed by atoms with Gasteiger partial charge in [-0.2, -0.15) is 0 Å². The lowest BCUT2D eigenvalue weighted by Gasteiger charge is -2.24. The standard InChI is InChI=1S/C13H17NO3S/c1-8-7-10(18-9(8)2)11(15)14-13(12(16)17)5-3-4-6-13/h7H,3-6H2,1-2H3,(H,14,15)(H,16,17). The lowest BCUT2D eigenvalue weighted by molar-refractivity contribution is -0.144. The molecule has 1 saturated carbocycles. The van der Waals surface area contributed by atoms with Gasteiger partial charge in [-0.05, 0) is 38.3 Å². The summed E-state index contributed by atoms with van der Waals surface area (Å²) in [6.07, 6.45) is 2.76. The molecule has 0 aromatic carbocycles. The molecule has 18 heavy (non-hydrogen) atoms. The molecule has 1 aliphatic rings. The van der Waals surface area contributed by atoms with Gasteiger partial charge in [-0.15, -0.1) is 11.3 Å². The Morgan fingerprint density at radius 2 is 1.94 bits per heavy atom. The number of nitrogens with one attached hydrogen (secondary N) is 1. The molecular weight excluding hydrogens is 250 g/mol. The Bertz CT molecular complexity index is 467. The van der Waals surface area contributed by atoms with E-state index in [1.807, 2.05) is 19.9 Å². The fourth-order valence-electron chi connectivity index (χ4n) is 2.33. The first-order chi connectivity index (χ1) is 8.44. The summed E-state index contributed by atoms with van der Waals surface area (Å²) < 4.78 is 0. The maximum absolute atomic E-state index is 12.1. The van der Waals surface area contributed by atoms with E-state index in [1.54, 1.807) is 0 Å². The maximum atomic E-state index is 12.1. The number of aliphatic carboxylic acids is 1.